The molecule has 72 valence electrons. The molecular weight excluding hydrogens is 201 g/mol. The second-order valence-electron chi connectivity index (χ2n) is 2.36. The summed E-state index contributed by atoms with van der Waals surface area (Å²) in [4.78, 5) is 0. The van der Waals surface area contributed by atoms with Crippen LogP contribution < -0.4 is 0 Å². The molecule has 0 aliphatic carbocycles. The Morgan fingerprint density at radius 2 is 2.00 bits per heavy atom. The van der Waals surface area contributed by atoms with Crippen molar-refractivity contribution >= 4 is 18.5 Å². The minimum absolute atomic E-state index is 0.262. The van der Waals surface area contributed by atoms with E-state index < -0.39 is 15.9 Å². The fourth-order valence-electron chi connectivity index (χ4n) is 0.471. The molecule has 1 unspecified atom stereocenters. The van der Waals surface area contributed by atoms with Gasteiger partial charge >= 0.3 is 0 Å². The summed E-state index contributed by atoms with van der Waals surface area (Å²) < 4.78 is 38.4. The molecule has 12 heavy (non-hydrogen) atoms. The third kappa shape index (κ3) is 3.58. The van der Waals surface area contributed by atoms with Gasteiger partial charge in [-0.15, -0.1) is 0 Å². The van der Waals surface area contributed by atoms with Crippen molar-refractivity contribution in [2.24, 2.45) is 0 Å². The first-order valence-corrected chi connectivity index (χ1v) is 5.68. The van der Waals surface area contributed by atoms with Gasteiger partial charge in [-0.1, -0.05) is 0 Å². The predicted octanol–water partition coefficient (Wildman–Crippen LogP) is 0.142. The van der Waals surface area contributed by atoms with Crippen molar-refractivity contribution in [2.75, 3.05) is 27.0 Å². The lowest BCUT2D eigenvalue weighted by molar-refractivity contribution is 0.183. The predicted molar refractivity (Wildman–Crippen MR) is 45.9 cm³/mol. The van der Waals surface area contributed by atoms with Crippen LogP contribution in [-0.4, -0.2) is 45.5 Å². The fourth-order valence-corrected chi connectivity index (χ4v) is 2.16. The third-order valence-corrected chi connectivity index (χ3v) is 4.01. The maximum atomic E-state index is 11.2. The monoisotopic (exact) mass is 213 g/mol. The van der Waals surface area contributed by atoms with E-state index in [-0.39, 0.29) is 14.2 Å². The highest BCUT2D eigenvalue weighted by Crippen LogP contribution is 2.11. The maximum absolute atomic E-state index is 11.2. The van der Waals surface area contributed by atoms with Crippen LogP contribution in [0.2, 0.25) is 0 Å². The van der Waals surface area contributed by atoms with Crippen molar-refractivity contribution in [3.05, 3.63) is 0 Å². The van der Waals surface area contributed by atoms with Gasteiger partial charge in [-0.25, -0.2) is 12.7 Å². The summed E-state index contributed by atoms with van der Waals surface area (Å²) in [6.07, 6.45) is 0. The van der Waals surface area contributed by atoms with Crippen LogP contribution in [0.5, 0.6) is 0 Å². The summed E-state index contributed by atoms with van der Waals surface area (Å²) in [5.74, 6) is -1.04. The summed E-state index contributed by atoms with van der Waals surface area (Å²) in [5, 5.41) is 0. The zero-order chi connectivity index (χ0) is 9.78. The van der Waals surface area contributed by atoms with Gasteiger partial charge in [0.25, 0.3) is 0 Å². The normalized spacial score (nSPS) is 15.3. The number of ether oxygens (including phenoxy) is 1. The molecule has 0 fully saturated rings. The molecule has 0 rings (SSSR count). The first kappa shape index (κ1) is 12.0. The molecule has 0 bridgehead atoms. The molecule has 0 aliphatic heterocycles. The van der Waals surface area contributed by atoms with Gasteiger partial charge in [-0.3, -0.25) is 4.57 Å². The molecule has 0 spiro atoms. The second-order valence-corrected chi connectivity index (χ2v) is 5.37. The minimum atomic E-state index is -3.32. The number of rotatable bonds is 5. The summed E-state index contributed by atoms with van der Waals surface area (Å²) in [7, 11) is 0.527. The van der Waals surface area contributed by atoms with E-state index in [0.29, 0.717) is 0 Å². The highest BCUT2D eigenvalue weighted by Gasteiger charge is 2.20. The Balaban J connectivity index is 4.33. The zero-order valence-electron chi connectivity index (χ0n) is 7.22. The van der Waals surface area contributed by atoms with Crippen LogP contribution in [0.15, 0.2) is 0 Å². The van der Waals surface area contributed by atoms with E-state index in [1.165, 1.54) is 21.2 Å². The number of methoxy groups -OCH3 is 1. The number of hydrogen-bond donors (Lipinski definition) is 0. The van der Waals surface area contributed by atoms with Crippen LogP contribution in [0.1, 0.15) is 0 Å². The summed E-state index contributed by atoms with van der Waals surface area (Å²) in [6.45, 7) is 0. The Morgan fingerprint density at radius 1 is 1.50 bits per heavy atom. The Hall–Kier alpha value is -0.0300. The topological polar surface area (TPSA) is 63.7 Å². The van der Waals surface area contributed by atoms with E-state index in [1.807, 2.05) is 0 Å². The van der Waals surface area contributed by atoms with Gasteiger partial charge in [0.05, 0.1) is 0 Å². The molecule has 0 radical (unpaired) electrons. The Bertz CT molecular complexity index is 238. The first-order chi connectivity index (χ1) is 5.44. The van der Waals surface area contributed by atoms with E-state index in [1.54, 1.807) is 0 Å². The van der Waals surface area contributed by atoms with Crippen molar-refractivity contribution in [3.63, 3.8) is 0 Å². The molecule has 1 atom stereocenters. The molecule has 0 saturated heterocycles. The van der Waals surface area contributed by atoms with Gasteiger partial charge in [-0.05, 0) is 0 Å². The smallest absolute Gasteiger partial charge is 0.216 e. The van der Waals surface area contributed by atoms with E-state index in [9.17, 15) is 13.0 Å². The standard InChI is InChI=1S/C5H12NO4PS/c1-6(2)12(8,9)4-5(10-3)11-7/h5H,4H2,1-3H3. The lowest BCUT2D eigenvalue weighted by atomic mass is 10.8. The van der Waals surface area contributed by atoms with Gasteiger partial charge in [0.2, 0.25) is 10.0 Å². The lowest BCUT2D eigenvalue weighted by Gasteiger charge is -2.13. The molecule has 0 N–H and O–H groups in total. The van der Waals surface area contributed by atoms with E-state index >= 15 is 0 Å². The van der Waals surface area contributed by atoms with Gasteiger partial charge in [0.15, 0.2) is 14.3 Å². The SMILES string of the molecule is COC(CS(=O)(=O)N(C)C)P=O. The van der Waals surface area contributed by atoms with Crippen molar-refractivity contribution < 1.29 is 17.7 Å². The summed E-state index contributed by atoms with van der Waals surface area (Å²) in [5.41, 5.74) is 0. The van der Waals surface area contributed by atoms with Crippen molar-refractivity contribution in [2.45, 2.75) is 5.85 Å². The van der Waals surface area contributed by atoms with Crippen LogP contribution in [0.4, 0.5) is 0 Å². The molecule has 0 aromatic carbocycles. The van der Waals surface area contributed by atoms with Crippen LogP contribution in [-0.2, 0) is 19.3 Å². The van der Waals surface area contributed by atoms with Crippen molar-refractivity contribution in [1.29, 1.82) is 0 Å². The van der Waals surface area contributed by atoms with E-state index in [2.05, 4.69) is 4.74 Å². The Kier molecular flexibility index (Phi) is 4.85. The van der Waals surface area contributed by atoms with Gasteiger partial charge < -0.3 is 4.74 Å². The average molecular weight is 213 g/mol. The van der Waals surface area contributed by atoms with Crippen LogP contribution >= 0.6 is 8.46 Å². The number of nitrogens with zero attached hydrogens (tertiary/aromatic N) is 1. The summed E-state index contributed by atoms with van der Waals surface area (Å²) in [6, 6.07) is 0. The zero-order valence-corrected chi connectivity index (χ0v) is 8.93. The van der Waals surface area contributed by atoms with Crippen molar-refractivity contribution in [1.82, 2.24) is 4.31 Å². The number of sulfonamides is 1. The highest BCUT2D eigenvalue weighted by atomic mass is 32.2. The van der Waals surface area contributed by atoms with E-state index in [0.717, 1.165) is 4.31 Å². The first-order valence-electron chi connectivity index (χ1n) is 3.19. The molecular formula is C5H12NO4PS. The summed E-state index contributed by atoms with van der Waals surface area (Å²) >= 11 is 0. The largest absolute Gasteiger partial charge is 0.368 e. The average Bonchev–Trinajstić information content (AvgIpc) is 2.00. The van der Waals surface area contributed by atoms with E-state index in [4.69, 9.17) is 0 Å². The third-order valence-electron chi connectivity index (χ3n) is 1.30. The second kappa shape index (κ2) is 4.87. The van der Waals surface area contributed by atoms with Crippen LogP contribution in [0, 0.1) is 0 Å². The molecule has 0 amide bonds. The fraction of sp³-hybridized carbons (Fsp3) is 1.00. The quantitative estimate of drug-likeness (QED) is 0.609. The van der Waals surface area contributed by atoms with Crippen LogP contribution in [0.25, 0.3) is 0 Å². The van der Waals surface area contributed by atoms with Crippen molar-refractivity contribution in [3.8, 4) is 0 Å². The number of hydrogen-bond acceptors (Lipinski definition) is 4. The molecule has 0 heterocycles. The molecule has 0 aromatic heterocycles. The highest BCUT2D eigenvalue weighted by molar-refractivity contribution is 7.89. The molecule has 0 aromatic rings. The Morgan fingerprint density at radius 3 is 2.25 bits per heavy atom. The lowest BCUT2D eigenvalue weighted by Crippen LogP contribution is -2.29. The van der Waals surface area contributed by atoms with Gasteiger partial charge in [-0.2, -0.15) is 0 Å². The van der Waals surface area contributed by atoms with Gasteiger partial charge in [0, 0.05) is 21.2 Å². The maximum Gasteiger partial charge on any atom is 0.216 e. The molecule has 5 nitrogen and oxygen atoms in total. The Labute approximate surface area is 74.0 Å². The minimum Gasteiger partial charge on any atom is -0.368 e. The van der Waals surface area contributed by atoms with Crippen LogP contribution in [0.3, 0.4) is 0 Å². The molecule has 0 aliphatic rings. The van der Waals surface area contributed by atoms with Gasteiger partial charge in [0.1, 0.15) is 5.75 Å². The molecule has 0 saturated carbocycles. The molecule has 7 heteroatoms.